The maximum Gasteiger partial charge on any atom is 0.310 e. The van der Waals surface area contributed by atoms with Gasteiger partial charge in [0.1, 0.15) is 0 Å². The van der Waals surface area contributed by atoms with Crippen LogP contribution in [0, 0.1) is 5.92 Å². The molecule has 1 unspecified atom stereocenters. The Kier molecular flexibility index (Phi) is 4.82. The summed E-state index contributed by atoms with van der Waals surface area (Å²) >= 11 is 0. The zero-order valence-electron chi connectivity index (χ0n) is 13.0. The van der Waals surface area contributed by atoms with E-state index < -0.39 is 0 Å². The van der Waals surface area contributed by atoms with Crippen LogP contribution < -0.4 is 0 Å². The SMILES string of the molecule is CCOC(=O)[C@H]1CCCN(CC2COC3(CCCC3)O2)C1. The Morgan fingerprint density at radius 3 is 2.90 bits per heavy atom. The molecule has 2 atom stereocenters. The van der Waals surface area contributed by atoms with Crippen LogP contribution in [-0.4, -0.2) is 55.6 Å². The number of carbonyl (C=O) groups excluding carboxylic acids is 1. The van der Waals surface area contributed by atoms with Crippen molar-refractivity contribution in [3.05, 3.63) is 0 Å². The van der Waals surface area contributed by atoms with Gasteiger partial charge >= 0.3 is 5.97 Å². The van der Waals surface area contributed by atoms with Gasteiger partial charge in [-0.15, -0.1) is 0 Å². The molecule has 0 radical (unpaired) electrons. The first-order valence-electron chi connectivity index (χ1n) is 8.41. The maximum atomic E-state index is 11.9. The largest absolute Gasteiger partial charge is 0.466 e. The van der Waals surface area contributed by atoms with Crippen molar-refractivity contribution in [2.45, 2.75) is 57.3 Å². The Hall–Kier alpha value is -0.650. The van der Waals surface area contributed by atoms with Gasteiger partial charge in [-0.2, -0.15) is 0 Å². The van der Waals surface area contributed by atoms with Gasteiger partial charge in [0.2, 0.25) is 0 Å². The van der Waals surface area contributed by atoms with Crippen molar-refractivity contribution in [2.75, 3.05) is 32.8 Å². The summed E-state index contributed by atoms with van der Waals surface area (Å²) in [5.74, 6) is -0.291. The standard InChI is InChI=1S/C16H27NO4/c1-2-19-15(18)13-6-5-9-17(10-13)11-14-12-20-16(21-14)7-3-4-8-16/h13-14H,2-12H2,1H3/t13-,14?/m0/s1. The number of piperidine rings is 1. The molecule has 3 fully saturated rings. The maximum absolute atomic E-state index is 11.9. The highest BCUT2D eigenvalue weighted by Crippen LogP contribution is 2.39. The zero-order valence-corrected chi connectivity index (χ0v) is 13.0. The fourth-order valence-corrected chi connectivity index (χ4v) is 3.84. The van der Waals surface area contributed by atoms with Crippen LogP contribution in [0.25, 0.3) is 0 Å². The Labute approximate surface area is 126 Å². The molecule has 0 N–H and O–H groups in total. The summed E-state index contributed by atoms with van der Waals surface area (Å²) in [4.78, 5) is 14.2. The molecule has 1 spiro atoms. The molecule has 0 aromatic rings. The molecule has 21 heavy (non-hydrogen) atoms. The van der Waals surface area contributed by atoms with E-state index in [-0.39, 0.29) is 23.8 Å². The van der Waals surface area contributed by atoms with Crippen molar-refractivity contribution in [3.8, 4) is 0 Å². The molecule has 2 aliphatic heterocycles. The second kappa shape index (κ2) is 6.63. The van der Waals surface area contributed by atoms with Crippen LogP contribution >= 0.6 is 0 Å². The van der Waals surface area contributed by atoms with E-state index >= 15 is 0 Å². The quantitative estimate of drug-likeness (QED) is 0.742. The monoisotopic (exact) mass is 297 g/mol. The molecule has 0 aromatic carbocycles. The molecule has 2 saturated heterocycles. The van der Waals surface area contributed by atoms with E-state index in [0.29, 0.717) is 13.2 Å². The molecule has 3 aliphatic rings. The van der Waals surface area contributed by atoms with E-state index in [1.54, 1.807) is 0 Å². The Morgan fingerprint density at radius 2 is 2.14 bits per heavy atom. The fourth-order valence-electron chi connectivity index (χ4n) is 3.84. The van der Waals surface area contributed by atoms with E-state index in [1.807, 2.05) is 6.92 Å². The number of likely N-dealkylation sites (tertiary alicyclic amines) is 1. The molecule has 0 aromatic heterocycles. The lowest BCUT2D eigenvalue weighted by Crippen LogP contribution is -2.43. The number of esters is 1. The van der Waals surface area contributed by atoms with E-state index in [0.717, 1.165) is 45.3 Å². The average Bonchev–Trinajstić information content (AvgIpc) is 3.10. The normalized spacial score (nSPS) is 32.6. The number of nitrogens with zero attached hydrogens (tertiary/aromatic N) is 1. The van der Waals surface area contributed by atoms with Crippen molar-refractivity contribution < 1.29 is 19.0 Å². The van der Waals surface area contributed by atoms with E-state index in [9.17, 15) is 4.79 Å². The van der Waals surface area contributed by atoms with Crippen molar-refractivity contribution in [2.24, 2.45) is 5.92 Å². The number of hydrogen-bond acceptors (Lipinski definition) is 5. The van der Waals surface area contributed by atoms with Gasteiger partial charge in [0.05, 0.1) is 25.2 Å². The van der Waals surface area contributed by atoms with Gasteiger partial charge < -0.3 is 14.2 Å². The lowest BCUT2D eigenvalue weighted by molar-refractivity contribution is -0.164. The number of ether oxygens (including phenoxy) is 3. The van der Waals surface area contributed by atoms with Crippen LogP contribution in [0.5, 0.6) is 0 Å². The van der Waals surface area contributed by atoms with E-state index in [2.05, 4.69) is 4.90 Å². The van der Waals surface area contributed by atoms with Crippen LogP contribution in [0.3, 0.4) is 0 Å². The Bertz CT molecular complexity index is 367. The fraction of sp³-hybridized carbons (Fsp3) is 0.938. The molecule has 3 rings (SSSR count). The second-order valence-corrected chi connectivity index (χ2v) is 6.52. The summed E-state index contributed by atoms with van der Waals surface area (Å²) in [5, 5.41) is 0. The van der Waals surface area contributed by atoms with Crippen LogP contribution in [0.1, 0.15) is 45.4 Å². The van der Waals surface area contributed by atoms with Crippen molar-refractivity contribution in [1.29, 1.82) is 0 Å². The molecule has 5 heteroatoms. The van der Waals surface area contributed by atoms with Gasteiger partial charge in [-0.05, 0) is 39.2 Å². The molecular formula is C16H27NO4. The summed E-state index contributed by atoms with van der Waals surface area (Å²) in [6.45, 7) is 5.74. The van der Waals surface area contributed by atoms with Crippen molar-refractivity contribution in [3.63, 3.8) is 0 Å². The van der Waals surface area contributed by atoms with Gasteiger partial charge in [-0.25, -0.2) is 0 Å². The molecular weight excluding hydrogens is 270 g/mol. The van der Waals surface area contributed by atoms with Crippen LogP contribution in [-0.2, 0) is 19.0 Å². The smallest absolute Gasteiger partial charge is 0.310 e. The molecule has 120 valence electrons. The number of hydrogen-bond donors (Lipinski definition) is 0. The summed E-state index contributed by atoms with van der Waals surface area (Å²) in [6, 6.07) is 0. The minimum atomic E-state index is -0.277. The Balaban J connectivity index is 1.48. The van der Waals surface area contributed by atoms with Gasteiger partial charge in [0.25, 0.3) is 0 Å². The molecule has 0 bridgehead atoms. The summed E-state index contributed by atoms with van der Waals surface area (Å²) in [7, 11) is 0. The van der Waals surface area contributed by atoms with Gasteiger partial charge in [0.15, 0.2) is 5.79 Å². The molecule has 1 aliphatic carbocycles. The first-order chi connectivity index (χ1) is 10.2. The predicted molar refractivity (Wildman–Crippen MR) is 77.8 cm³/mol. The summed E-state index contributed by atoms with van der Waals surface area (Å²) in [6.07, 6.45) is 6.65. The van der Waals surface area contributed by atoms with Gasteiger partial charge in [0, 0.05) is 25.9 Å². The van der Waals surface area contributed by atoms with Crippen LogP contribution in [0.15, 0.2) is 0 Å². The van der Waals surface area contributed by atoms with Crippen LogP contribution in [0.4, 0.5) is 0 Å². The summed E-state index contributed by atoms with van der Waals surface area (Å²) < 4.78 is 17.3. The first-order valence-corrected chi connectivity index (χ1v) is 8.41. The van der Waals surface area contributed by atoms with E-state index in [1.165, 1.54) is 12.8 Å². The number of carbonyl (C=O) groups is 1. The third-order valence-electron chi connectivity index (χ3n) is 4.87. The molecule has 0 amide bonds. The second-order valence-electron chi connectivity index (χ2n) is 6.52. The Morgan fingerprint density at radius 1 is 1.33 bits per heavy atom. The van der Waals surface area contributed by atoms with Gasteiger partial charge in [-0.1, -0.05) is 0 Å². The van der Waals surface area contributed by atoms with E-state index in [4.69, 9.17) is 14.2 Å². The van der Waals surface area contributed by atoms with Crippen molar-refractivity contribution in [1.82, 2.24) is 4.90 Å². The minimum absolute atomic E-state index is 0.0291. The number of rotatable bonds is 4. The van der Waals surface area contributed by atoms with Crippen molar-refractivity contribution >= 4 is 5.97 Å². The highest BCUT2D eigenvalue weighted by atomic mass is 16.7. The average molecular weight is 297 g/mol. The predicted octanol–water partition coefficient (Wildman–Crippen LogP) is 1.95. The van der Waals surface area contributed by atoms with Crippen LogP contribution in [0.2, 0.25) is 0 Å². The third kappa shape index (κ3) is 3.58. The highest BCUT2D eigenvalue weighted by molar-refractivity contribution is 5.72. The molecule has 2 heterocycles. The molecule has 5 nitrogen and oxygen atoms in total. The zero-order chi connectivity index (χ0) is 14.7. The topological polar surface area (TPSA) is 48.0 Å². The summed E-state index contributed by atoms with van der Waals surface area (Å²) in [5.41, 5.74) is 0. The third-order valence-corrected chi connectivity index (χ3v) is 4.87. The lowest BCUT2D eigenvalue weighted by Gasteiger charge is -2.33. The molecule has 1 saturated carbocycles. The lowest BCUT2D eigenvalue weighted by atomic mass is 9.98. The van der Waals surface area contributed by atoms with Gasteiger partial charge in [-0.3, -0.25) is 9.69 Å². The first kappa shape index (κ1) is 15.3. The minimum Gasteiger partial charge on any atom is -0.466 e. The highest BCUT2D eigenvalue weighted by Gasteiger charge is 2.44.